The molecule has 1 aliphatic heterocycles. The summed E-state index contributed by atoms with van der Waals surface area (Å²) in [6.07, 6.45) is 1.24. The predicted octanol–water partition coefficient (Wildman–Crippen LogP) is 0.545. The molecule has 0 bridgehead atoms. The Morgan fingerprint density at radius 2 is 2.55 bits per heavy atom. The maximum Gasteiger partial charge on any atom is 0.220 e. The first-order valence-corrected chi connectivity index (χ1v) is 4.68. The van der Waals surface area contributed by atoms with Crippen molar-refractivity contribution in [2.75, 3.05) is 5.75 Å². The van der Waals surface area contributed by atoms with Gasteiger partial charge in [0.25, 0.3) is 0 Å². The van der Waals surface area contributed by atoms with E-state index < -0.39 is 0 Å². The molecule has 0 radical (unpaired) electrons. The Morgan fingerprint density at radius 3 is 3.00 bits per heavy atom. The van der Waals surface area contributed by atoms with E-state index in [1.807, 2.05) is 0 Å². The number of thioether (sulfide) groups is 1. The number of amides is 1. The van der Waals surface area contributed by atoms with E-state index in [9.17, 15) is 9.59 Å². The van der Waals surface area contributed by atoms with Crippen LogP contribution >= 0.6 is 11.8 Å². The number of carbonyl (C=O) groups excluding carboxylic acids is 2. The van der Waals surface area contributed by atoms with E-state index >= 15 is 0 Å². The molecular weight excluding hydrogens is 162 g/mol. The van der Waals surface area contributed by atoms with Gasteiger partial charge in [-0.2, -0.15) is 0 Å². The number of nitrogens with one attached hydrogen (secondary N) is 1. The second-order valence-electron chi connectivity index (χ2n) is 2.43. The topological polar surface area (TPSA) is 46.2 Å². The second kappa shape index (κ2) is 3.76. The van der Waals surface area contributed by atoms with Gasteiger partial charge in [0.2, 0.25) is 11.0 Å². The van der Waals surface area contributed by atoms with Crippen LogP contribution in [0.2, 0.25) is 0 Å². The van der Waals surface area contributed by atoms with Gasteiger partial charge in [0.15, 0.2) is 0 Å². The Kier molecular flexibility index (Phi) is 2.93. The fourth-order valence-electron chi connectivity index (χ4n) is 0.923. The summed E-state index contributed by atoms with van der Waals surface area (Å²) in [5.41, 5.74) is 0. The lowest BCUT2D eigenvalue weighted by Gasteiger charge is -2.07. The molecule has 0 aromatic carbocycles. The summed E-state index contributed by atoms with van der Waals surface area (Å²) in [6.45, 7) is 1.78. The number of carbonyl (C=O) groups is 2. The van der Waals surface area contributed by atoms with Crippen molar-refractivity contribution in [3.05, 3.63) is 0 Å². The van der Waals surface area contributed by atoms with Crippen LogP contribution < -0.4 is 5.32 Å². The fraction of sp³-hybridized carbons (Fsp3) is 0.714. The SMILES string of the molecule is CCC(=O)NC1CCSC1=O. The molecule has 3 nitrogen and oxygen atoms in total. The van der Waals surface area contributed by atoms with Gasteiger partial charge in [0, 0.05) is 12.2 Å². The van der Waals surface area contributed by atoms with E-state index in [2.05, 4.69) is 5.32 Å². The van der Waals surface area contributed by atoms with Crippen molar-refractivity contribution in [3.63, 3.8) is 0 Å². The zero-order valence-corrected chi connectivity index (χ0v) is 7.24. The van der Waals surface area contributed by atoms with Gasteiger partial charge in [-0.15, -0.1) is 0 Å². The van der Waals surface area contributed by atoms with E-state index in [0.717, 1.165) is 12.2 Å². The molecule has 1 unspecified atom stereocenters. The molecule has 0 aliphatic carbocycles. The summed E-state index contributed by atoms with van der Waals surface area (Å²) in [7, 11) is 0. The number of rotatable bonds is 2. The molecule has 1 aliphatic rings. The molecule has 0 aromatic heterocycles. The summed E-state index contributed by atoms with van der Waals surface area (Å²) in [6, 6.07) is -0.215. The molecule has 1 saturated heterocycles. The molecular formula is C7H11NO2S. The molecule has 4 heteroatoms. The fourth-order valence-corrected chi connectivity index (χ4v) is 1.86. The van der Waals surface area contributed by atoms with Crippen LogP contribution in [0.5, 0.6) is 0 Å². The molecule has 1 heterocycles. The third-order valence-corrected chi connectivity index (χ3v) is 2.60. The highest BCUT2D eigenvalue weighted by Gasteiger charge is 2.25. The van der Waals surface area contributed by atoms with Crippen LogP contribution in [-0.2, 0) is 9.59 Å². The molecule has 11 heavy (non-hydrogen) atoms. The minimum absolute atomic E-state index is 0.0362. The monoisotopic (exact) mass is 173 g/mol. The van der Waals surface area contributed by atoms with Gasteiger partial charge >= 0.3 is 0 Å². The average molecular weight is 173 g/mol. The molecule has 1 rings (SSSR count). The zero-order chi connectivity index (χ0) is 8.27. The van der Waals surface area contributed by atoms with Crippen LogP contribution in [0, 0.1) is 0 Å². The normalized spacial score (nSPS) is 23.7. The molecule has 1 atom stereocenters. The Balaban J connectivity index is 2.36. The van der Waals surface area contributed by atoms with Crippen LogP contribution in [0.3, 0.4) is 0 Å². The van der Waals surface area contributed by atoms with Gasteiger partial charge in [-0.3, -0.25) is 9.59 Å². The minimum atomic E-state index is -0.215. The maximum atomic E-state index is 11.0. The highest BCUT2D eigenvalue weighted by molar-refractivity contribution is 8.14. The van der Waals surface area contributed by atoms with Crippen LogP contribution in [0.4, 0.5) is 0 Å². The number of hydrogen-bond acceptors (Lipinski definition) is 3. The number of hydrogen-bond donors (Lipinski definition) is 1. The van der Waals surface area contributed by atoms with E-state index in [1.54, 1.807) is 6.92 Å². The summed E-state index contributed by atoms with van der Waals surface area (Å²) >= 11 is 1.30. The molecule has 1 amide bonds. The van der Waals surface area contributed by atoms with Crippen LogP contribution in [0.1, 0.15) is 19.8 Å². The van der Waals surface area contributed by atoms with Crippen molar-refractivity contribution in [3.8, 4) is 0 Å². The van der Waals surface area contributed by atoms with Crippen LogP contribution in [-0.4, -0.2) is 22.8 Å². The Bertz CT molecular complexity index is 181. The largest absolute Gasteiger partial charge is 0.345 e. The molecule has 0 saturated carbocycles. The maximum absolute atomic E-state index is 11.0. The molecule has 1 fully saturated rings. The molecule has 0 spiro atoms. The second-order valence-corrected chi connectivity index (χ2v) is 3.53. The van der Waals surface area contributed by atoms with Crippen LogP contribution in [0.25, 0.3) is 0 Å². The Morgan fingerprint density at radius 1 is 1.82 bits per heavy atom. The molecule has 62 valence electrons. The summed E-state index contributed by atoms with van der Waals surface area (Å²) in [5, 5.41) is 2.77. The quantitative estimate of drug-likeness (QED) is 0.663. The van der Waals surface area contributed by atoms with E-state index in [-0.39, 0.29) is 17.1 Å². The van der Waals surface area contributed by atoms with Gasteiger partial charge < -0.3 is 5.32 Å². The predicted molar refractivity (Wildman–Crippen MR) is 44.3 cm³/mol. The van der Waals surface area contributed by atoms with Crippen molar-refractivity contribution in [1.29, 1.82) is 0 Å². The zero-order valence-electron chi connectivity index (χ0n) is 6.42. The molecule has 0 aromatic rings. The Labute approximate surface area is 69.9 Å². The van der Waals surface area contributed by atoms with Crippen molar-refractivity contribution in [2.45, 2.75) is 25.8 Å². The standard InChI is InChI=1S/C7H11NO2S/c1-2-6(9)8-5-3-4-11-7(5)10/h5H,2-4H2,1H3,(H,8,9). The summed E-state index contributed by atoms with van der Waals surface area (Å²) < 4.78 is 0. The van der Waals surface area contributed by atoms with E-state index in [1.165, 1.54) is 11.8 Å². The van der Waals surface area contributed by atoms with Crippen molar-refractivity contribution in [1.82, 2.24) is 5.32 Å². The summed E-state index contributed by atoms with van der Waals surface area (Å²) in [5.74, 6) is 0.805. The van der Waals surface area contributed by atoms with Crippen LogP contribution in [0.15, 0.2) is 0 Å². The first-order valence-electron chi connectivity index (χ1n) is 3.70. The van der Waals surface area contributed by atoms with Gasteiger partial charge in [0.05, 0.1) is 6.04 Å². The van der Waals surface area contributed by atoms with E-state index in [0.29, 0.717) is 6.42 Å². The Hall–Kier alpha value is -0.510. The third-order valence-electron chi connectivity index (χ3n) is 1.59. The van der Waals surface area contributed by atoms with Gasteiger partial charge in [-0.05, 0) is 6.42 Å². The van der Waals surface area contributed by atoms with Gasteiger partial charge in [-0.1, -0.05) is 18.7 Å². The minimum Gasteiger partial charge on any atom is -0.345 e. The highest BCUT2D eigenvalue weighted by Crippen LogP contribution is 2.19. The van der Waals surface area contributed by atoms with Crippen molar-refractivity contribution in [2.24, 2.45) is 0 Å². The molecule has 1 N–H and O–H groups in total. The lowest BCUT2D eigenvalue weighted by Crippen LogP contribution is -2.36. The first kappa shape index (κ1) is 8.59. The smallest absolute Gasteiger partial charge is 0.220 e. The lowest BCUT2D eigenvalue weighted by molar-refractivity contribution is -0.124. The van der Waals surface area contributed by atoms with E-state index in [4.69, 9.17) is 0 Å². The summed E-state index contributed by atoms with van der Waals surface area (Å²) in [4.78, 5) is 21.8. The average Bonchev–Trinajstić information content (AvgIpc) is 2.37. The lowest BCUT2D eigenvalue weighted by atomic mass is 10.2. The first-order chi connectivity index (χ1) is 5.24. The highest BCUT2D eigenvalue weighted by atomic mass is 32.2. The van der Waals surface area contributed by atoms with Crippen molar-refractivity contribution >= 4 is 22.8 Å². The third kappa shape index (κ3) is 2.22. The van der Waals surface area contributed by atoms with Gasteiger partial charge in [0.1, 0.15) is 0 Å². The van der Waals surface area contributed by atoms with Crippen molar-refractivity contribution < 1.29 is 9.59 Å². The van der Waals surface area contributed by atoms with Gasteiger partial charge in [-0.25, -0.2) is 0 Å².